The van der Waals surface area contributed by atoms with Crippen LogP contribution in [0.1, 0.15) is 15.9 Å². The molecule has 0 fully saturated rings. The summed E-state index contributed by atoms with van der Waals surface area (Å²) in [5, 5.41) is 0. The van der Waals surface area contributed by atoms with Gasteiger partial charge in [0.2, 0.25) is 0 Å². The van der Waals surface area contributed by atoms with Gasteiger partial charge in [0.1, 0.15) is 0 Å². The molecule has 0 aliphatic carbocycles. The number of anilines is 2. The van der Waals surface area contributed by atoms with Crippen molar-refractivity contribution in [3.8, 4) is 0 Å². The highest BCUT2D eigenvalue weighted by atomic mass is 127. The molecule has 4 heteroatoms. The number of nitrogens with zero attached hydrogens (tertiary/aromatic N) is 1. The van der Waals surface area contributed by atoms with Gasteiger partial charge in [0.05, 0.1) is 5.56 Å². The van der Waals surface area contributed by atoms with E-state index in [4.69, 9.17) is 5.73 Å². The topological polar surface area (TPSA) is 46.3 Å². The van der Waals surface area contributed by atoms with Gasteiger partial charge in [-0.2, -0.15) is 0 Å². The number of carbonyl (C=O) groups excluding carboxylic acids is 1. The lowest BCUT2D eigenvalue weighted by atomic mass is 10.1. The number of hydrogen-bond acceptors (Lipinski definition) is 2. The summed E-state index contributed by atoms with van der Waals surface area (Å²) in [5.74, 6) is -0.0290. The first-order valence-corrected chi connectivity index (χ1v) is 6.97. The van der Waals surface area contributed by atoms with Crippen molar-refractivity contribution in [2.75, 3.05) is 17.7 Å². The van der Waals surface area contributed by atoms with E-state index in [0.29, 0.717) is 11.3 Å². The molecule has 19 heavy (non-hydrogen) atoms. The molecule has 98 valence electrons. The maximum atomic E-state index is 12.5. The molecule has 0 spiro atoms. The fourth-order valence-corrected chi connectivity index (χ4v) is 2.43. The number of nitrogens with two attached hydrogens (primary N) is 1. The summed E-state index contributed by atoms with van der Waals surface area (Å²) >= 11 is 2.21. The van der Waals surface area contributed by atoms with Crippen molar-refractivity contribution in [1.82, 2.24) is 0 Å². The number of amides is 1. The van der Waals surface area contributed by atoms with Gasteiger partial charge in [0.15, 0.2) is 0 Å². The molecule has 0 aliphatic heterocycles. The minimum atomic E-state index is -0.0290. The molecular formula is C15H15IN2O. The molecule has 0 unspecified atom stereocenters. The second kappa shape index (κ2) is 5.61. The van der Waals surface area contributed by atoms with Gasteiger partial charge < -0.3 is 10.6 Å². The Morgan fingerprint density at radius 2 is 1.89 bits per heavy atom. The van der Waals surface area contributed by atoms with Crippen LogP contribution in [0.25, 0.3) is 0 Å². The minimum absolute atomic E-state index is 0.0290. The van der Waals surface area contributed by atoms with E-state index in [1.165, 1.54) is 0 Å². The van der Waals surface area contributed by atoms with Crippen LogP contribution >= 0.6 is 22.6 Å². The highest BCUT2D eigenvalue weighted by molar-refractivity contribution is 14.1. The number of rotatable bonds is 2. The van der Waals surface area contributed by atoms with E-state index in [1.807, 2.05) is 37.3 Å². The van der Waals surface area contributed by atoms with E-state index in [0.717, 1.165) is 14.8 Å². The van der Waals surface area contributed by atoms with Gasteiger partial charge in [-0.15, -0.1) is 0 Å². The van der Waals surface area contributed by atoms with Crippen molar-refractivity contribution >= 4 is 39.9 Å². The molecule has 0 bridgehead atoms. The number of benzene rings is 2. The summed E-state index contributed by atoms with van der Waals surface area (Å²) in [6.07, 6.45) is 0. The third-order valence-electron chi connectivity index (χ3n) is 2.98. The predicted octanol–water partition coefficient (Wildman–Crippen LogP) is 3.46. The van der Waals surface area contributed by atoms with E-state index in [1.54, 1.807) is 24.1 Å². The first kappa shape index (κ1) is 13.9. The third-order valence-corrected chi connectivity index (χ3v) is 4.42. The molecule has 2 N–H and O–H groups in total. The maximum absolute atomic E-state index is 12.5. The number of hydrogen-bond donors (Lipinski definition) is 1. The van der Waals surface area contributed by atoms with Gasteiger partial charge in [-0.3, -0.25) is 4.79 Å². The summed E-state index contributed by atoms with van der Waals surface area (Å²) in [4.78, 5) is 14.1. The largest absolute Gasteiger partial charge is 0.399 e. The average molecular weight is 366 g/mol. The average Bonchev–Trinajstić information content (AvgIpc) is 2.40. The van der Waals surface area contributed by atoms with Crippen molar-refractivity contribution in [2.45, 2.75) is 6.92 Å². The van der Waals surface area contributed by atoms with Crippen LogP contribution in [-0.2, 0) is 0 Å². The lowest BCUT2D eigenvalue weighted by molar-refractivity contribution is 0.0992. The molecule has 0 aliphatic rings. The van der Waals surface area contributed by atoms with Crippen LogP contribution in [0.3, 0.4) is 0 Å². The number of halogens is 1. The summed E-state index contributed by atoms with van der Waals surface area (Å²) in [5.41, 5.74) is 9.01. The normalized spacial score (nSPS) is 10.3. The van der Waals surface area contributed by atoms with Crippen LogP contribution in [0.4, 0.5) is 11.4 Å². The van der Waals surface area contributed by atoms with E-state index in [9.17, 15) is 4.79 Å². The Bertz CT molecular complexity index is 625. The van der Waals surface area contributed by atoms with E-state index >= 15 is 0 Å². The van der Waals surface area contributed by atoms with Crippen molar-refractivity contribution in [3.63, 3.8) is 0 Å². The van der Waals surface area contributed by atoms with Gasteiger partial charge in [-0.1, -0.05) is 18.2 Å². The maximum Gasteiger partial charge on any atom is 0.259 e. The molecule has 1 amide bonds. The summed E-state index contributed by atoms with van der Waals surface area (Å²) < 4.78 is 0.987. The molecule has 0 saturated heterocycles. The molecule has 0 radical (unpaired) electrons. The lowest BCUT2D eigenvalue weighted by Gasteiger charge is -2.19. The quantitative estimate of drug-likeness (QED) is 0.654. The Labute approximate surface area is 126 Å². The van der Waals surface area contributed by atoms with E-state index in [2.05, 4.69) is 22.6 Å². The van der Waals surface area contributed by atoms with Crippen LogP contribution in [0.15, 0.2) is 42.5 Å². The molecule has 2 rings (SSSR count). The van der Waals surface area contributed by atoms with Crippen LogP contribution in [0, 0.1) is 10.5 Å². The zero-order chi connectivity index (χ0) is 14.0. The monoisotopic (exact) mass is 366 g/mol. The fraction of sp³-hybridized carbons (Fsp3) is 0.133. The Morgan fingerprint density at radius 1 is 1.21 bits per heavy atom. The number of aryl methyl sites for hydroxylation is 1. The highest BCUT2D eigenvalue weighted by Gasteiger charge is 2.17. The summed E-state index contributed by atoms with van der Waals surface area (Å²) in [6, 6.07) is 13.1. The predicted molar refractivity (Wildman–Crippen MR) is 87.5 cm³/mol. The Morgan fingerprint density at radius 3 is 2.58 bits per heavy atom. The summed E-state index contributed by atoms with van der Waals surface area (Å²) in [6.45, 7) is 2.00. The smallest absolute Gasteiger partial charge is 0.259 e. The minimum Gasteiger partial charge on any atom is -0.399 e. The standard InChI is InChI=1S/C15H15IN2O/c1-10-5-3-8-13(14(10)16)15(19)18(2)12-7-4-6-11(17)9-12/h3-9H,17H2,1-2H3. The molecule has 0 heterocycles. The van der Waals surface area contributed by atoms with Crippen molar-refractivity contribution in [1.29, 1.82) is 0 Å². The van der Waals surface area contributed by atoms with Crippen LogP contribution in [0.5, 0.6) is 0 Å². The molecule has 3 nitrogen and oxygen atoms in total. The fourth-order valence-electron chi connectivity index (χ4n) is 1.84. The first-order valence-electron chi connectivity index (χ1n) is 5.89. The Hall–Kier alpha value is -1.56. The molecule has 0 aromatic heterocycles. The molecule has 2 aromatic carbocycles. The lowest BCUT2D eigenvalue weighted by Crippen LogP contribution is -2.27. The molecule has 0 saturated carbocycles. The first-order chi connectivity index (χ1) is 9.00. The van der Waals surface area contributed by atoms with Crippen LogP contribution in [-0.4, -0.2) is 13.0 Å². The highest BCUT2D eigenvalue weighted by Crippen LogP contribution is 2.22. The van der Waals surface area contributed by atoms with Gasteiger partial charge in [-0.05, 0) is 59.3 Å². The van der Waals surface area contributed by atoms with Crippen molar-refractivity contribution in [2.24, 2.45) is 0 Å². The van der Waals surface area contributed by atoms with Gasteiger partial charge in [0.25, 0.3) is 5.91 Å². The molecule has 2 aromatic rings. The van der Waals surface area contributed by atoms with Gasteiger partial charge in [-0.25, -0.2) is 0 Å². The van der Waals surface area contributed by atoms with Crippen molar-refractivity contribution in [3.05, 3.63) is 57.2 Å². The van der Waals surface area contributed by atoms with Crippen LogP contribution in [0.2, 0.25) is 0 Å². The Kier molecular flexibility index (Phi) is 4.09. The molecular weight excluding hydrogens is 351 g/mol. The third kappa shape index (κ3) is 2.89. The molecule has 0 atom stereocenters. The Balaban J connectivity index is 2.36. The zero-order valence-corrected chi connectivity index (χ0v) is 13.0. The second-order valence-corrected chi connectivity index (χ2v) is 5.47. The SMILES string of the molecule is Cc1cccc(C(=O)N(C)c2cccc(N)c2)c1I. The van der Waals surface area contributed by atoms with Crippen molar-refractivity contribution < 1.29 is 4.79 Å². The number of nitrogen functional groups attached to an aromatic ring is 1. The van der Waals surface area contributed by atoms with Gasteiger partial charge in [0, 0.05) is 22.0 Å². The van der Waals surface area contributed by atoms with Crippen LogP contribution < -0.4 is 10.6 Å². The van der Waals surface area contributed by atoms with E-state index < -0.39 is 0 Å². The van der Waals surface area contributed by atoms with E-state index in [-0.39, 0.29) is 5.91 Å². The number of carbonyl (C=O) groups is 1. The zero-order valence-electron chi connectivity index (χ0n) is 10.9. The summed E-state index contributed by atoms with van der Waals surface area (Å²) in [7, 11) is 1.76. The second-order valence-electron chi connectivity index (χ2n) is 4.40. The van der Waals surface area contributed by atoms with Gasteiger partial charge >= 0.3 is 0 Å².